The van der Waals surface area contributed by atoms with E-state index in [4.69, 9.17) is 16.3 Å². The molecule has 28 heavy (non-hydrogen) atoms. The van der Waals surface area contributed by atoms with Gasteiger partial charge >= 0.3 is 5.97 Å². The summed E-state index contributed by atoms with van der Waals surface area (Å²) in [5, 5.41) is 7.38. The smallest absolute Gasteiger partial charge is 0.352 e. The van der Waals surface area contributed by atoms with Crippen molar-refractivity contribution in [3.05, 3.63) is 74.7 Å². The van der Waals surface area contributed by atoms with Gasteiger partial charge in [-0.1, -0.05) is 35.1 Å². The number of benzene rings is 2. The topological polar surface area (TPSA) is 81.2 Å². The highest BCUT2D eigenvalue weighted by Crippen LogP contribution is 2.20. The van der Waals surface area contributed by atoms with Crippen LogP contribution in [0.5, 0.6) is 0 Å². The molecule has 0 radical (unpaired) electrons. The third-order valence-corrected chi connectivity index (χ3v) is 5.25. The number of esters is 1. The van der Waals surface area contributed by atoms with Crippen LogP contribution in [0.1, 0.15) is 43.8 Å². The van der Waals surface area contributed by atoms with Crippen molar-refractivity contribution in [2.24, 2.45) is 0 Å². The summed E-state index contributed by atoms with van der Waals surface area (Å²) in [5.41, 5.74) is 3.48. The molecule has 1 amide bonds. The first-order chi connectivity index (χ1) is 13.5. The second kappa shape index (κ2) is 8.95. The fraction of sp³-hybridized carbons (Fsp3) is 0.200. The molecule has 0 spiro atoms. The Kier molecular flexibility index (Phi) is 6.38. The minimum Gasteiger partial charge on any atom is -0.457 e. The van der Waals surface area contributed by atoms with E-state index < -0.39 is 5.97 Å². The number of rotatable bonds is 6. The summed E-state index contributed by atoms with van der Waals surface area (Å²) < 4.78 is 9.10. The van der Waals surface area contributed by atoms with Crippen LogP contribution in [0.4, 0.5) is 5.69 Å². The van der Waals surface area contributed by atoms with Crippen molar-refractivity contribution >= 4 is 40.7 Å². The lowest BCUT2D eigenvalue weighted by atomic mass is 10.1. The van der Waals surface area contributed by atoms with Crippen LogP contribution in [0.2, 0.25) is 5.02 Å². The van der Waals surface area contributed by atoms with Gasteiger partial charge in [-0.25, -0.2) is 4.79 Å². The van der Waals surface area contributed by atoms with Crippen molar-refractivity contribution in [3.63, 3.8) is 0 Å². The van der Waals surface area contributed by atoms with Crippen molar-refractivity contribution in [1.82, 2.24) is 9.59 Å². The minimum atomic E-state index is -0.438. The number of halogens is 1. The first-order valence-electron chi connectivity index (χ1n) is 8.62. The van der Waals surface area contributed by atoms with Gasteiger partial charge in [-0.2, -0.15) is 0 Å². The Morgan fingerprint density at radius 2 is 1.93 bits per heavy atom. The Morgan fingerprint density at radius 1 is 1.18 bits per heavy atom. The maximum Gasteiger partial charge on any atom is 0.352 e. The molecule has 0 fully saturated rings. The van der Waals surface area contributed by atoms with E-state index in [1.54, 1.807) is 36.4 Å². The van der Waals surface area contributed by atoms with Gasteiger partial charge in [0.05, 0.1) is 5.69 Å². The van der Waals surface area contributed by atoms with E-state index in [0.29, 0.717) is 33.3 Å². The van der Waals surface area contributed by atoms with Crippen molar-refractivity contribution in [2.75, 3.05) is 5.32 Å². The number of anilines is 1. The van der Waals surface area contributed by atoms with Gasteiger partial charge in [0.15, 0.2) is 4.88 Å². The Morgan fingerprint density at radius 3 is 2.61 bits per heavy atom. The average molecular weight is 416 g/mol. The van der Waals surface area contributed by atoms with Gasteiger partial charge < -0.3 is 10.1 Å². The molecule has 0 saturated carbocycles. The highest BCUT2D eigenvalue weighted by atomic mass is 35.5. The summed E-state index contributed by atoms with van der Waals surface area (Å²) in [6.45, 7) is 3.89. The molecule has 0 aliphatic carbocycles. The molecule has 1 N–H and O–H groups in total. The molecule has 0 atom stereocenters. The monoisotopic (exact) mass is 415 g/mol. The molecule has 0 aliphatic rings. The van der Waals surface area contributed by atoms with Crippen LogP contribution < -0.4 is 5.32 Å². The number of carbonyl (C=O) groups is 2. The molecule has 1 heterocycles. The zero-order valence-electron chi connectivity index (χ0n) is 15.4. The van der Waals surface area contributed by atoms with E-state index >= 15 is 0 Å². The average Bonchev–Trinajstić information content (AvgIpc) is 3.18. The van der Waals surface area contributed by atoms with Crippen LogP contribution in [0.3, 0.4) is 0 Å². The van der Waals surface area contributed by atoms with Crippen molar-refractivity contribution in [3.8, 4) is 0 Å². The first kappa shape index (κ1) is 20.0. The van der Waals surface area contributed by atoms with E-state index in [-0.39, 0.29) is 12.5 Å². The highest BCUT2D eigenvalue weighted by Gasteiger charge is 2.16. The van der Waals surface area contributed by atoms with Crippen LogP contribution in [-0.4, -0.2) is 21.5 Å². The zero-order chi connectivity index (χ0) is 20.1. The number of aromatic nitrogens is 2. The van der Waals surface area contributed by atoms with E-state index in [1.165, 1.54) is 0 Å². The van der Waals surface area contributed by atoms with Crippen LogP contribution in [0.15, 0.2) is 42.5 Å². The molecule has 3 rings (SSSR count). The van der Waals surface area contributed by atoms with Crippen LogP contribution in [0, 0.1) is 6.92 Å². The lowest BCUT2D eigenvalue weighted by Gasteiger charge is -2.08. The second-order valence-electron chi connectivity index (χ2n) is 6.09. The molecule has 2 aromatic carbocycles. The lowest BCUT2D eigenvalue weighted by molar-refractivity contribution is 0.0477. The number of amides is 1. The molecule has 0 aliphatic heterocycles. The van der Waals surface area contributed by atoms with E-state index in [1.807, 2.05) is 19.9 Å². The minimum absolute atomic E-state index is 0.109. The molecule has 3 aromatic rings. The second-order valence-corrected chi connectivity index (χ2v) is 7.25. The molecule has 6 nitrogen and oxygen atoms in total. The predicted molar refractivity (Wildman–Crippen MR) is 109 cm³/mol. The molecule has 0 saturated heterocycles. The summed E-state index contributed by atoms with van der Waals surface area (Å²) in [6, 6.07) is 12.2. The van der Waals surface area contributed by atoms with Crippen LogP contribution in [-0.2, 0) is 17.8 Å². The summed E-state index contributed by atoms with van der Waals surface area (Å²) >= 11 is 7.03. The fourth-order valence-electron chi connectivity index (χ4n) is 2.49. The van der Waals surface area contributed by atoms with Crippen LogP contribution in [0.25, 0.3) is 0 Å². The molecular formula is C20H18ClN3O3S. The number of ether oxygens (including phenoxy) is 1. The summed E-state index contributed by atoms with van der Waals surface area (Å²) in [4.78, 5) is 24.9. The molecule has 0 unspecified atom stereocenters. The Labute approximate surface area is 171 Å². The van der Waals surface area contributed by atoms with Crippen molar-refractivity contribution in [2.45, 2.75) is 26.9 Å². The standard InChI is InChI=1S/C20H18ClN3O3S/c1-3-17-18(28-24-23-17)20(26)27-11-13-4-6-14(7-5-13)19(25)22-15-8-9-16(21)12(2)10-15/h4-10H,3,11H2,1-2H3,(H,22,25). The van der Waals surface area contributed by atoms with E-state index in [0.717, 1.165) is 22.7 Å². The third kappa shape index (κ3) is 4.74. The predicted octanol–water partition coefficient (Wildman–Crippen LogP) is 4.67. The van der Waals surface area contributed by atoms with Gasteiger partial charge in [0.1, 0.15) is 6.61 Å². The molecule has 1 aromatic heterocycles. The van der Waals surface area contributed by atoms with E-state index in [9.17, 15) is 9.59 Å². The number of hydrogen-bond acceptors (Lipinski definition) is 6. The number of nitrogens with zero attached hydrogens (tertiary/aromatic N) is 2. The summed E-state index contributed by atoms with van der Waals surface area (Å²) in [5.74, 6) is -0.666. The molecule has 144 valence electrons. The summed E-state index contributed by atoms with van der Waals surface area (Å²) in [7, 11) is 0. The first-order valence-corrected chi connectivity index (χ1v) is 9.78. The quantitative estimate of drug-likeness (QED) is 0.591. The van der Waals surface area contributed by atoms with Gasteiger partial charge in [0, 0.05) is 16.3 Å². The fourth-order valence-corrected chi connectivity index (χ4v) is 3.25. The number of hydrogen-bond donors (Lipinski definition) is 1. The maximum atomic E-state index is 12.4. The largest absolute Gasteiger partial charge is 0.457 e. The molecule has 8 heteroatoms. The van der Waals surface area contributed by atoms with Gasteiger partial charge in [-0.05, 0) is 66.3 Å². The van der Waals surface area contributed by atoms with Gasteiger partial charge in [0.2, 0.25) is 0 Å². The van der Waals surface area contributed by atoms with Gasteiger partial charge in [-0.15, -0.1) is 5.10 Å². The number of carbonyl (C=O) groups excluding carboxylic acids is 2. The Balaban J connectivity index is 1.59. The number of aryl methyl sites for hydroxylation is 2. The molecular weight excluding hydrogens is 398 g/mol. The SMILES string of the molecule is CCc1nnsc1C(=O)OCc1ccc(C(=O)Nc2ccc(Cl)c(C)c2)cc1. The van der Waals surface area contributed by atoms with Gasteiger partial charge in [0.25, 0.3) is 5.91 Å². The van der Waals surface area contributed by atoms with Crippen molar-refractivity contribution < 1.29 is 14.3 Å². The zero-order valence-corrected chi connectivity index (χ0v) is 16.9. The molecule has 0 bridgehead atoms. The van der Waals surface area contributed by atoms with E-state index in [2.05, 4.69) is 14.9 Å². The maximum absolute atomic E-state index is 12.4. The summed E-state index contributed by atoms with van der Waals surface area (Å²) in [6.07, 6.45) is 0.623. The Bertz CT molecular complexity index is 1000. The highest BCUT2D eigenvalue weighted by molar-refractivity contribution is 7.07. The number of nitrogens with one attached hydrogen (secondary N) is 1. The van der Waals surface area contributed by atoms with Crippen molar-refractivity contribution in [1.29, 1.82) is 0 Å². The van der Waals surface area contributed by atoms with Gasteiger partial charge in [-0.3, -0.25) is 4.79 Å². The third-order valence-electron chi connectivity index (χ3n) is 4.08. The lowest BCUT2D eigenvalue weighted by Crippen LogP contribution is -2.12. The van der Waals surface area contributed by atoms with Crippen LogP contribution >= 0.6 is 23.1 Å². The Hall–Kier alpha value is -2.77. The normalized spacial score (nSPS) is 10.5.